The molecule has 0 bridgehead atoms. The van der Waals surface area contributed by atoms with Gasteiger partial charge in [-0.25, -0.2) is 0 Å². The van der Waals surface area contributed by atoms with Gasteiger partial charge in [-0.05, 0) is 5.75 Å². The first kappa shape index (κ1) is 11.8. The van der Waals surface area contributed by atoms with Crippen LogP contribution in [0.1, 0.15) is 13.3 Å². The second kappa shape index (κ2) is 7.49. The van der Waals surface area contributed by atoms with Crippen LogP contribution < -0.4 is 5.32 Å². The second-order valence-corrected chi connectivity index (χ2v) is 3.88. The van der Waals surface area contributed by atoms with Crippen molar-refractivity contribution < 1.29 is 9.59 Å². The van der Waals surface area contributed by atoms with E-state index in [-0.39, 0.29) is 11.0 Å². The zero-order chi connectivity index (χ0) is 9.40. The maximum absolute atomic E-state index is 10.8. The van der Waals surface area contributed by atoms with Crippen LogP contribution in [-0.4, -0.2) is 29.1 Å². The molecule has 0 aromatic heterocycles. The maximum Gasteiger partial charge on any atom is 0.220 e. The Morgan fingerprint density at radius 3 is 2.67 bits per heavy atom. The van der Waals surface area contributed by atoms with Crippen LogP contribution in [0.15, 0.2) is 0 Å². The Morgan fingerprint density at radius 1 is 1.50 bits per heavy atom. The molecule has 70 valence electrons. The summed E-state index contributed by atoms with van der Waals surface area (Å²) in [6, 6.07) is 0. The number of carbonyl (C=O) groups is 2. The van der Waals surface area contributed by atoms with Crippen molar-refractivity contribution in [2.24, 2.45) is 0 Å². The average molecular weight is 207 g/mol. The smallest absolute Gasteiger partial charge is 0.220 e. The Bertz CT molecular complexity index is 161. The zero-order valence-electron chi connectivity index (χ0n) is 7.00. The number of thioether (sulfide) groups is 1. The fourth-order valence-corrected chi connectivity index (χ4v) is 1.27. The number of amides is 1. The number of hydrogen-bond acceptors (Lipinski definition) is 4. The van der Waals surface area contributed by atoms with E-state index in [0.29, 0.717) is 24.5 Å². The van der Waals surface area contributed by atoms with E-state index in [2.05, 4.69) is 17.9 Å². The Kier molecular flexibility index (Phi) is 7.39. The summed E-state index contributed by atoms with van der Waals surface area (Å²) >= 11 is 5.14. The molecule has 0 rings (SSSR count). The van der Waals surface area contributed by atoms with E-state index in [4.69, 9.17) is 0 Å². The Labute approximate surface area is 82.1 Å². The fraction of sp³-hybridized carbons (Fsp3) is 0.714. The van der Waals surface area contributed by atoms with Gasteiger partial charge in [0.1, 0.15) is 0 Å². The molecule has 5 heteroatoms. The highest BCUT2D eigenvalue weighted by Gasteiger charge is 1.98. The Hall–Kier alpha value is -0.160. The number of nitrogens with one attached hydrogen (secondary N) is 1. The van der Waals surface area contributed by atoms with E-state index in [1.807, 2.05) is 0 Å². The van der Waals surface area contributed by atoms with E-state index in [1.54, 1.807) is 0 Å². The van der Waals surface area contributed by atoms with Crippen LogP contribution in [0.2, 0.25) is 0 Å². The number of rotatable bonds is 5. The number of carbonyl (C=O) groups excluding carboxylic acids is 2. The lowest BCUT2D eigenvalue weighted by molar-refractivity contribution is -0.120. The van der Waals surface area contributed by atoms with E-state index < -0.39 is 0 Å². The molecule has 12 heavy (non-hydrogen) atoms. The van der Waals surface area contributed by atoms with E-state index in [1.165, 1.54) is 18.7 Å². The van der Waals surface area contributed by atoms with Crippen LogP contribution in [-0.2, 0) is 9.59 Å². The minimum atomic E-state index is -0.00541. The summed E-state index contributed by atoms with van der Waals surface area (Å²) in [7, 11) is 0. The summed E-state index contributed by atoms with van der Waals surface area (Å²) in [4.78, 5) is 21.3. The summed E-state index contributed by atoms with van der Waals surface area (Å²) in [5, 5.41) is 2.76. The predicted molar refractivity (Wildman–Crippen MR) is 54.6 cm³/mol. The SMILES string of the molecule is CC(=O)SCCNC(=O)CCS. The van der Waals surface area contributed by atoms with Gasteiger partial charge < -0.3 is 5.32 Å². The topological polar surface area (TPSA) is 46.2 Å². The molecule has 1 amide bonds. The summed E-state index contributed by atoms with van der Waals surface area (Å²) in [5.41, 5.74) is 0. The van der Waals surface area contributed by atoms with E-state index in [9.17, 15) is 9.59 Å². The van der Waals surface area contributed by atoms with Gasteiger partial charge in [0.25, 0.3) is 0 Å². The molecule has 0 heterocycles. The summed E-state index contributed by atoms with van der Waals surface area (Å²) < 4.78 is 0. The molecular weight excluding hydrogens is 194 g/mol. The lowest BCUT2D eigenvalue weighted by Gasteiger charge is -2.01. The van der Waals surface area contributed by atoms with Crippen LogP contribution in [0.3, 0.4) is 0 Å². The van der Waals surface area contributed by atoms with E-state index in [0.717, 1.165) is 0 Å². The van der Waals surface area contributed by atoms with Gasteiger partial charge in [0, 0.05) is 25.6 Å². The first-order valence-electron chi connectivity index (χ1n) is 3.67. The molecule has 0 aliphatic heterocycles. The van der Waals surface area contributed by atoms with Gasteiger partial charge in [-0.2, -0.15) is 12.6 Å². The maximum atomic E-state index is 10.8. The van der Waals surface area contributed by atoms with Crippen molar-refractivity contribution in [1.82, 2.24) is 5.32 Å². The van der Waals surface area contributed by atoms with Crippen molar-refractivity contribution in [2.45, 2.75) is 13.3 Å². The minimum Gasteiger partial charge on any atom is -0.355 e. The highest BCUT2D eigenvalue weighted by molar-refractivity contribution is 8.13. The molecule has 0 aromatic carbocycles. The second-order valence-electron chi connectivity index (χ2n) is 2.16. The van der Waals surface area contributed by atoms with Crippen LogP contribution >= 0.6 is 24.4 Å². The third-order valence-corrected chi connectivity index (χ3v) is 2.11. The largest absolute Gasteiger partial charge is 0.355 e. The van der Waals surface area contributed by atoms with Crippen molar-refractivity contribution in [3.63, 3.8) is 0 Å². The van der Waals surface area contributed by atoms with Crippen molar-refractivity contribution in [3.8, 4) is 0 Å². The molecule has 0 fully saturated rings. The molecule has 1 N–H and O–H groups in total. The third-order valence-electron chi connectivity index (χ3n) is 1.07. The van der Waals surface area contributed by atoms with Crippen LogP contribution in [0.4, 0.5) is 0 Å². The zero-order valence-corrected chi connectivity index (χ0v) is 8.71. The summed E-state index contributed by atoms with van der Waals surface area (Å²) in [6.45, 7) is 2.07. The van der Waals surface area contributed by atoms with Gasteiger partial charge in [-0.15, -0.1) is 0 Å². The Balaban J connectivity index is 3.19. The molecular formula is C7H13NO2S2. The third kappa shape index (κ3) is 7.94. The standard InChI is InChI=1S/C7H13NO2S2/c1-6(9)12-5-3-8-7(10)2-4-11/h11H,2-5H2,1H3,(H,8,10). The first-order valence-corrected chi connectivity index (χ1v) is 5.29. The molecule has 0 spiro atoms. The lowest BCUT2D eigenvalue weighted by atomic mass is 10.4. The van der Waals surface area contributed by atoms with Crippen LogP contribution in [0.25, 0.3) is 0 Å². The van der Waals surface area contributed by atoms with Crippen LogP contribution in [0, 0.1) is 0 Å². The van der Waals surface area contributed by atoms with Crippen molar-refractivity contribution >= 4 is 35.4 Å². The first-order chi connectivity index (χ1) is 5.66. The number of hydrogen-bond donors (Lipinski definition) is 2. The Morgan fingerprint density at radius 2 is 2.17 bits per heavy atom. The fourth-order valence-electron chi connectivity index (χ4n) is 0.575. The van der Waals surface area contributed by atoms with Crippen LogP contribution in [0.5, 0.6) is 0 Å². The van der Waals surface area contributed by atoms with E-state index >= 15 is 0 Å². The quantitative estimate of drug-likeness (QED) is 0.515. The molecule has 0 aliphatic carbocycles. The van der Waals surface area contributed by atoms with Gasteiger partial charge in [0.15, 0.2) is 5.12 Å². The molecule has 0 saturated heterocycles. The minimum absolute atomic E-state index is 0.00541. The monoisotopic (exact) mass is 207 g/mol. The molecule has 0 unspecified atom stereocenters. The predicted octanol–water partition coefficient (Wildman–Crippen LogP) is 0.702. The molecule has 0 radical (unpaired) electrons. The highest BCUT2D eigenvalue weighted by Crippen LogP contribution is 1.98. The molecule has 0 aliphatic rings. The van der Waals surface area contributed by atoms with Gasteiger partial charge >= 0.3 is 0 Å². The van der Waals surface area contributed by atoms with Crippen molar-refractivity contribution in [1.29, 1.82) is 0 Å². The van der Waals surface area contributed by atoms with Gasteiger partial charge in [0.2, 0.25) is 5.91 Å². The highest BCUT2D eigenvalue weighted by atomic mass is 32.2. The molecule has 3 nitrogen and oxygen atoms in total. The van der Waals surface area contributed by atoms with Crippen molar-refractivity contribution in [3.05, 3.63) is 0 Å². The normalized spacial score (nSPS) is 9.50. The summed E-state index contributed by atoms with van der Waals surface area (Å²) in [6.07, 6.45) is 0.438. The van der Waals surface area contributed by atoms with Gasteiger partial charge in [-0.3, -0.25) is 9.59 Å². The average Bonchev–Trinajstić information content (AvgIpc) is 1.98. The van der Waals surface area contributed by atoms with Crippen molar-refractivity contribution in [2.75, 3.05) is 18.1 Å². The number of thiol groups is 1. The lowest BCUT2D eigenvalue weighted by Crippen LogP contribution is -2.25. The summed E-state index contributed by atoms with van der Waals surface area (Å²) in [5.74, 6) is 1.20. The molecule has 0 atom stereocenters. The molecule has 0 saturated carbocycles. The van der Waals surface area contributed by atoms with Gasteiger partial charge in [-0.1, -0.05) is 11.8 Å². The van der Waals surface area contributed by atoms with Gasteiger partial charge in [0.05, 0.1) is 0 Å². The molecule has 0 aromatic rings.